The molecular weight excluding hydrogens is 382 g/mol. The molecule has 3 aromatic heterocycles. The Balaban J connectivity index is 1.37. The minimum atomic E-state index is -0.367. The topological polar surface area (TPSA) is 92.1 Å². The van der Waals surface area contributed by atoms with Crippen molar-refractivity contribution in [1.29, 1.82) is 0 Å². The monoisotopic (exact) mass is 403 g/mol. The molecule has 142 valence electrons. The van der Waals surface area contributed by atoms with Crippen LogP contribution in [0.5, 0.6) is 0 Å². The SMILES string of the molecule is Cc1csc(SC2CCC(NC(=O)c3cnc4cc(C)[nH]n4c3=O)CC2)n1. The smallest absolute Gasteiger partial charge is 0.285 e. The number of aromatic amines is 1. The number of rotatable bonds is 4. The fourth-order valence-corrected chi connectivity index (χ4v) is 5.64. The lowest BCUT2D eigenvalue weighted by atomic mass is 9.95. The van der Waals surface area contributed by atoms with E-state index >= 15 is 0 Å². The van der Waals surface area contributed by atoms with Gasteiger partial charge in [-0.25, -0.2) is 14.5 Å². The number of hydrogen-bond donors (Lipinski definition) is 2. The molecule has 0 aromatic carbocycles. The molecule has 9 heteroatoms. The lowest BCUT2D eigenvalue weighted by molar-refractivity contribution is 0.0926. The Morgan fingerprint density at radius 2 is 2.11 bits per heavy atom. The van der Waals surface area contributed by atoms with Crippen LogP contribution in [0.25, 0.3) is 5.65 Å². The number of nitrogens with one attached hydrogen (secondary N) is 2. The highest BCUT2D eigenvalue weighted by Gasteiger charge is 2.25. The summed E-state index contributed by atoms with van der Waals surface area (Å²) in [6.07, 6.45) is 5.24. The van der Waals surface area contributed by atoms with Crippen LogP contribution < -0.4 is 10.9 Å². The van der Waals surface area contributed by atoms with Crippen LogP contribution in [0, 0.1) is 13.8 Å². The number of carbonyl (C=O) groups is 1. The molecule has 0 bridgehead atoms. The third-order valence-electron chi connectivity index (χ3n) is 4.74. The third kappa shape index (κ3) is 3.93. The molecule has 0 radical (unpaired) electrons. The van der Waals surface area contributed by atoms with E-state index in [2.05, 4.69) is 25.8 Å². The Hall–Kier alpha value is -2.13. The number of fused-ring (bicyclic) bond motifs is 1. The number of thioether (sulfide) groups is 1. The van der Waals surface area contributed by atoms with Gasteiger partial charge in [0.25, 0.3) is 11.5 Å². The molecule has 4 rings (SSSR count). The zero-order valence-electron chi connectivity index (χ0n) is 15.2. The van der Waals surface area contributed by atoms with Crippen molar-refractivity contribution in [2.24, 2.45) is 0 Å². The molecule has 0 spiro atoms. The predicted octanol–water partition coefficient (Wildman–Crippen LogP) is 2.93. The fraction of sp³-hybridized carbons (Fsp3) is 0.444. The van der Waals surface area contributed by atoms with Gasteiger partial charge in [-0.3, -0.25) is 14.7 Å². The second-order valence-electron chi connectivity index (χ2n) is 6.93. The number of hydrogen-bond acceptors (Lipinski definition) is 6. The minimum Gasteiger partial charge on any atom is -0.349 e. The second kappa shape index (κ2) is 7.47. The molecule has 0 saturated heterocycles. The highest BCUT2D eigenvalue weighted by atomic mass is 32.2. The summed E-state index contributed by atoms with van der Waals surface area (Å²) in [4.78, 5) is 33.8. The molecule has 0 atom stereocenters. The Labute approximate surface area is 164 Å². The van der Waals surface area contributed by atoms with E-state index in [1.54, 1.807) is 17.4 Å². The van der Waals surface area contributed by atoms with Crippen LogP contribution >= 0.6 is 23.1 Å². The summed E-state index contributed by atoms with van der Waals surface area (Å²) in [5, 5.41) is 8.53. The van der Waals surface area contributed by atoms with Crippen LogP contribution in [-0.2, 0) is 0 Å². The molecule has 0 aliphatic heterocycles. The number of thiazole rings is 1. The molecular formula is C18H21N5O2S2. The Kier molecular flexibility index (Phi) is 5.05. The molecule has 2 N–H and O–H groups in total. The third-order valence-corrected chi connectivity index (χ3v) is 7.17. The summed E-state index contributed by atoms with van der Waals surface area (Å²) < 4.78 is 2.43. The van der Waals surface area contributed by atoms with E-state index < -0.39 is 0 Å². The van der Waals surface area contributed by atoms with Crippen LogP contribution in [0.2, 0.25) is 0 Å². The molecule has 1 saturated carbocycles. The van der Waals surface area contributed by atoms with Gasteiger partial charge in [-0.05, 0) is 39.5 Å². The van der Waals surface area contributed by atoms with Gasteiger partial charge in [0.05, 0.1) is 0 Å². The maximum Gasteiger partial charge on any atom is 0.285 e. The quantitative estimate of drug-likeness (QED) is 0.699. The summed E-state index contributed by atoms with van der Waals surface area (Å²) in [5.74, 6) is -0.346. The van der Waals surface area contributed by atoms with Gasteiger partial charge in [-0.1, -0.05) is 11.8 Å². The number of aromatic nitrogens is 4. The second-order valence-corrected chi connectivity index (χ2v) is 9.34. The van der Waals surface area contributed by atoms with E-state index in [0.717, 1.165) is 41.4 Å². The first-order valence-corrected chi connectivity index (χ1v) is 10.7. The van der Waals surface area contributed by atoms with Crippen molar-refractivity contribution in [3.05, 3.63) is 44.9 Å². The Morgan fingerprint density at radius 1 is 1.33 bits per heavy atom. The zero-order valence-corrected chi connectivity index (χ0v) is 16.8. The predicted molar refractivity (Wildman–Crippen MR) is 107 cm³/mol. The van der Waals surface area contributed by atoms with E-state index in [-0.39, 0.29) is 23.1 Å². The van der Waals surface area contributed by atoms with Gasteiger partial charge in [-0.2, -0.15) is 0 Å². The number of carbonyl (C=O) groups excluding carboxylic acids is 1. The molecule has 27 heavy (non-hydrogen) atoms. The molecule has 7 nitrogen and oxygen atoms in total. The summed E-state index contributed by atoms with van der Waals surface area (Å²) in [5.41, 5.74) is 2.11. The van der Waals surface area contributed by atoms with Crippen LogP contribution in [0.15, 0.2) is 26.8 Å². The molecule has 1 aliphatic carbocycles. The van der Waals surface area contributed by atoms with Crippen LogP contribution in [0.3, 0.4) is 0 Å². The van der Waals surface area contributed by atoms with Gasteiger partial charge in [0.2, 0.25) is 0 Å². The maximum atomic E-state index is 12.6. The molecule has 0 unspecified atom stereocenters. The van der Waals surface area contributed by atoms with Gasteiger partial charge in [0, 0.05) is 40.3 Å². The van der Waals surface area contributed by atoms with Crippen molar-refractivity contribution in [2.75, 3.05) is 0 Å². The minimum absolute atomic E-state index is 0.0732. The number of aryl methyl sites for hydroxylation is 2. The summed E-state index contributed by atoms with van der Waals surface area (Å²) in [7, 11) is 0. The van der Waals surface area contributed by atoms with Crippen molar-refractivity contribution in [1.82, 2.24) is 24.9 Å². The van der Waals surface area contributed by atoms with Crippen LogP contribution in [0.1, 0.15) is 47.4 Å². The van der Waals surface area contributed by atoms with Gasteiger partial charge in [0.1, 0.15) is 9.90 Å². The van der Waals surface area contributed by atoms with E-state index in [9.17, 15) is 9.59 Å². The summed E-state index contributed by atoms with van der Waals surface area (Å²) >= 11 is 3.53. The fourth-order valence-electron chi connectivity index (χ4n) is 3.35. The average molecular weight is 404 g/mol. The lowest BCUT2D eigenvalue weighted by Gasteiger charge is -2.28. The summed E-state index contributed by atoms with van der Waals surface area (Å²) in [6, 6.07) is 1.87. The normalized spacial score (nSPS) is 20.1. The van der Waals surface area contributed by atoms with Crippen molar-refractivity contribution in [3.63, 3.8) is 0 Å². The standard InChI is InChI=1S/C18H21N5O2S2/c1-10-7-15-19-8-14(17(25)23(15)22-10)16(24)21-12-3-5-13(6-4-12)27-18-20-11(2)9-26-18/h7-9,12-13,22H,3-6H2,1-2H3,(H,21,24). The number of nitrogens with zero attached hydrogens (tertiary/aromatic N) is 3. The Morgan fingerprint density at radius 3 is 2.81 bits per heavy atom. The van der Waals surface area contributed by atoms with Crippen LogP contribution in [0.4, 0.5) is 0 Å². The van der Waals surface area contributed by atoms with E-state index in [4.69, 9.17) is 0 Å². The molecule has 3 aromatic rings. The first kappa shape index (κ1) is 18.2. The molecule has 1 amide bonds. The maximum absolute atomic E-state index is 12.6. The van der Waals surface area contributed by atoms with Gasteiger partial charge in [-0.15, -0.1) is 11.3 Å². The van der Waals surface area contributed by atoms with Crippen molar-refractivity contribution in [3.8, 4) is 0 Å². The van der Waals surface area contributed by atoms with Crippen LogP contribution in [-0.4, -0.2) is 36.8 Å². The molecule has 1 fully saturated rings. The Bertz CT molecular complexity index is 1030. The van der Waals surface area contributed by atoms with E-state index in [1.807, 2.05) is 25.6 Å². The highest BCUT2D eigenvalue weighted by Crippen LogP contribution is 2.35. The number of H-pyrrole nitrogens is 1. The van der Waals surface area contributed by atoms with Crippen molar-refractivity contribution < 1.29 is 4.79 Å². The highest BCUT2D eigenvalue weighted by molar-refractivity contribution is 8.01. The van der Waals surface area contributed by atoms with Gasteiger partial charge in [0.15, 0.2) is 5.65 Å². The van der Waals surface area contributed by atoms with E-state index in [1.165, 1.54) is 10.7 Å². The lowest BCUT2D eigenvalue weighted by Crippen LogP contribution is -2.40. The molecule has 3 heterocycles. The van der Waals surface area contributed by atoms with Crippen molar-refractivity contribution >= 4 is 34.7 Å². The first-order valence-electron chi connectivity index (χ1n) is 8.96. The molecule has 1 aliphatic rings. The van der Waals surface area contributed by atoms with Gasteiger partial charge < -0.3 is 5.32 Å². The average Bonchev–Trinajstić information content (AvgIpc) is 3.22. The number of amides is 1. The van der Waals surface area contributed by atoms with Gasteiger partial charge >= 0.3 is 0 Å². The largest absolute Gasteiger partial charge is 0.349 e. The van der Waals surface area contributed by atoms with E-state index in [0.29, 0.717) is 10.9 Å². The summed E-state index contributed by atoms with van der Waals surface area (Å²) in [6.45, 7) is 3.85. The van der Waals surface area contributed by atoms with Crippen molar-refractivity contribution in [2.45, 2.75) is 55.2 Å². The first-order chi connectivity index (χ1) is 13.0. The zero-order chi connectivity index (χ0) is 19.0.